The quantitative estimate of drug-likeness (QED) is 0.808. The van der Waals surface area contributed by atoms with E-state index in [2.05, 4.69) is 12.1 Å². The second kappa shape index (κ2) is 7.84. The van der Waals surface area contributed by atoms with Crippen LogP contribution in [0.15, 0.2) is 42.5 Å². The summed E-state index contributed by atoms with van der Waals surface area (Å²) >= 11 is 0. The van der Waals surface area contributed by atoms with Crippen molar-refractivity contribution in [1.29, 1.82) is 0 Å². The van der Waals surface area contributed by atoms with E-state index in [0.717, 1.165) is 30.8 Å². The van der Waals surface area contributed by atoms with Crippen LogP contribution >= 0.6 is 0 Å². The maximum atomic E-state index is 12.9. The van der Waals surface area contributed by atoms with Crippen LogP contribution in [0, 0.1) is 0 Å². The monoisotopic (exact) mass is 381 g/mol. The zero-order valence-electron chi connectivity index (χ0n) is 16.6. The summed E-state index contributed by atoms with van der Waals surface area (Å²) < 4.78 is 17.1. The van der Waals surface area contributed by atoms with Crippen molar-refractivity contribution in [2.24, 2.45) is 0 Å². The van der Waals surface area contributed by atoms with Crippen molar-refractivity contribution >= 4 is 5.91 Å². The van der Waals surface area contributed by atoms with E-state index in [9.17, 15) is 4.79 Å². The average Bonchev–Trinajstić information content (AvgIpc) is 2.74. The second-order valence-corrected chi connectivity index (χ2v) is 7.37. The van der Waals surface area contributed by atoms with Gasteiger partial charge in [0.15, 0.2) is 0 Å². The number of fused-ring (bicyclic) bond motifs is 2. The van der Waals surface area contributed by atoms with E-state index in [-0.39, 0.29) is 11.5 Å². The van der Waals surface area contributed by atoms with Gasteiger partial charge in [-0.25, -0.2) is 0 Å². The Balaban J connectivity index is 1.47. The van der Waals surface area contributed by atoms with E-state index in [4.69, 9.17) is 14.2 Å². The topological polar surface area (TPSA) is 48.0 Å². The average molecular weight is 381 g/mol. The lowest BCUT2D eigenvalue weighted by Gasteiger charge is -2.45. The molecule has 0 saturated carbocycles. The molecule has 5 nitrogen and oxygen atoms in total. The molecule has 1 fully saturated rings. The molecule has 0 radical (unpaired) electrons. The molecule has 28 heavy (non-hydrogen) atoms. The van der Waals surface area contributed by atoms with Gasteiger partial charge >= 0.3 is 0 Å². The van der Waals surface area contributed by atoms with Crippen molar-refractivity contribution in [3.63, 3.8) is 0 Å². The zero-order valence-corrected chi connectivity index (χ0v) is 16.6. The maximum Gasteiger partial charge on any atom is 0.253 e. The van der Waals surface area contributed by atoms with Crippen LogP contribution in [-0.2, 0) is 16.8 Å². The number of amides is 1. The SMILES string of the molecule is CCOc1ccc(C(=O)N2CCC3(CC2)OCCc2cc(OC)ccc23)cc1. The predicted molar refractivity (Wildman–Crippen MR) is 107 cm³/mol. The molecule has 0 N–H and O–H groups in total. The Morgan fingerprint density at radius 1 is 1.11 bits per heavy atom. The highest BCUT2D eigenvalue weighted by Crippen LogP contribution is 2.42. The van der Waals surface area contributed by atoms with Gasteiger partial charge in [-0.15, -0.1) is 0 Å². The normalized spacial score (nSPS) is 17.9. The third-order valence-electron chi connectivity index (χ3n) is 5.82. The third-order valence-corrected chi connectivity index (χ3v) is 5.82. The van der Waals surface area contributed by atoms with Crippen LogP contribution in [0.4, 0.5) is 0 Å². The largest absolute Gasteiger partial charge is 0.497 e. The molecular weight excluding hydrogens is 354 g/mol. The zero-order chi connectivity index (χ0) is 19.6. The second-order valence-electron chi connectivity index (χ2n) is 7.37. The standard InChI is InChI=1S/C23H27NO4/c1-3-27-19-6-4-17(5-7-19)22(25)24-13-11-23(12-14-24)21-9-8-20(26-2)16-18(21)10-15-28-23/h4-9,16H,3,10-15H2,1-2H3. The van der Waals surface area contributed by atoms with Gasteiger partial charge in [-0.2, -0.15) is 0 Å². The summed E-state index contributed by atoms with van der Waals surface area (Å²) in [6.45, 7) is 4.67. The first kappa shape index (κ1) is 18.8. The fraction of sp³-hybridized carbons (Fsp3) is 0.435. The first-order valence-electron chi connectivity index (χ1n) is 9.99. The Bertz CT molecular complexity index is 838. The Kier molecular flexibility index (Phi) is 5.27. The van der Waals surface area contributed by atoms with Crippen LogP contribution in [0.1, 0.15) is 41.3 Å². The first-order chi connectivity index (χ1) is 13.6. The van der Waals surface area contributed by atoms with E-state index < -0.39 is 0 Å². The lowest BCUT2D eigenvalue weighted by Crippen LogP contribution is -2.48. The molecule has 2 heterocycles. The summed E-state index contributed by atoms with van der Waals surface area (Å²) in [5.74, 6) is 1.75. The number of benzene rings is 2. The van der Waals surface area contributed by atoms with Crippen molar-refractivity contribution in [3.05, 3.63) is 59.2 Å². The minimum atomic E-state index is -0.282. The van der Waals surface area contributed by atoms with E-state index in [0.29, 0.717) is 31.9 Å². The number of likely N-dealkylation sites (tertiary alicyclic amines) is 1. The number of piperidine rings is 1. The Hall–Kier alpha value is -2.53. The lowest BCUT2D eigenvalue weighted by molar-refractivity contribution is -0.0935. The summed E-state index contributed by atoms with van der Waals surface area (Å²) in [6.07, 6.45) is 2.54. The molecule has 0 bridgehead atoms. The van der Waals surface area contributed by atoms with Crippen LogP contribution in [0.25, 0.3) is 0 Å². The number of ether oxygens (including phenoxy) is 3. The van der Waals surface area contributed by atoms with Crippen LogP contribution in [0.5, 0.6) is 11.5 Å². The molecule has 1 saturated heterocycles. The molecule has 148 valence electrons. The van der Waals surface area contributed by atoms with Crippen LogP contribution in [0.3, 0.4) is 0 Å². The van der Waals surface area contributed by atoms with Gasteiger partial charge in [0.05, 0.1) is 25.9 Å². The number of methoxy groups -OCH3 is 1. The Labute approximate surface area is 166 Å². The lowest BCUT2D eigenvalue weighted by atomic mass is 9.79. The van der Waals surface area contributed by atoms with Crippen LogP contribution in [0.2, 0.25) is 0 Å². The molecule has 2 aromatic rings. The Morgan fingerprint density at radius 3 is 2.50 bits per heavy atom. The van der Waals surface area contributed by atoms with Gasteiger partial charge < -0.3 is 19.1 Å². The molecule has 0 aromatic heterocycles. The highest BCUT2D eigenvalue weighted by atomic mass is 16.5. The number of carbonyl (C=O) groups excluding carboxylic acids is 1. The summed E-state index contributed by atoms with van der Waals surface area (Å²) in [6, 6.07) is 13.7. The van der Waals surface area contributed by atoms with Crippen molar-refractivity contribution < 1.29 is 19.0 Å². The summed E-state index contributed by atoms with van der Waals surface area (Å²) in [4.78, 5) is 14.8. The number of rotatable bonds is 4. The van der Waals surface area contributed by atoms with Gasteiger partial charge in [-0.05, 0) is 73.7 Å². The van der Waals surface area contributed by atoms with Gasteiger partial charge in [0.25, 0.3) is 5.91 Å². The fourth-order valence-electron chi connectivity index (χ4n) is 4.31. The summed E-state index contributed by atoms with van der Waals surface area (Å²) in [7, 11) is 1.70. The van der Waals surface area contributed by atoms with Crippen molar-refractivity contribution in [2.45, 2.75) is 31.8 Å². The van der Waals surface area contributed by atoms with Crippen LogP contribution < -0.4 is 9.47 Å². The summed E-state index contributed by atoms with van der Waals surface area (Å²) in [5.41, 5.74) is 2.98. The third kappa shape index (κ3) is 3.47. The molecule has 2 aromatic carbocycles. The molecule has 2 aliphatic heterocycles. The maximum absolute atomic E-state index is 12.9. The van der Waals surface area contributed by atoms with Gasteiger partial charge in [-0.3, -0.25) is 4.79 Å². The predicted octanol–water partition coefficient (Wildman–Crippen LogP) is 3.80. The van der Waals surface area contributed by atoms with Gasteiger partial charge in [0.1, 0.15) is 11.5 Å². The molecule has 4 rings (SSSR count). The molecular formula is C23H27NO4. The molecule has 1 amide bonds. The van der Waals surface area contributed by atoms with Gasteiger partial charge in [0, 0.05) is 18.7 Å². The molecule has 0 aliphatic carbocycles. The first-order valence-corrected chi connectivity index (χ1v) is 9.99. The molecule has 0 unspecified atom stereocenters. The number of nitrogens with zero attached hydrogens (tertiary/aromatic N) is 1. The minimum Gasteiger partial charge on any atom is -0.497 e. The Morgan fingerprint density at radius 2 is 1.82 bits per heavy atom. The molecule has 2 aliphatic rings. The van der Waals surface area contributed by atoms with E-state index in [1.807, 2.05) is 42.2 Å². The van der Waals surface area contributed by atoms with E-state index >= 15 is 0 Å². The van der Waals surface area contributed by atoms with Crippen LogP contribution in [-0.4, -0.2) is 44.2 Å². The van der Waals surface area contributed by atoms with Crippen molar-refractivity contribution in [2.75, 3.05) is 33.4 Å². The van der Waals surface area contributed by atoms with Gasteiger partial charge in [-0.1, -0.05) is 6.07 Å². The molecule has 5 heteroatoms. The molecule has 0 atom stereocenters. The van der Waals surface area contributed by atoms with Crippen molar-refractivity contribution in [3.8, 4) is 11.5 Å². The minimum absolute atomic E-state index is 0.0728. The van der Waals surface area contributed by atoms with Crippen molar-refractivity contribution in [1.82, 2.24) is 4.90 Å². The highest BCUT2D eigenvalue weighted by Gasteiger charge is 2.41. The summed E-state index contributed by atoms with van der Waals surface area (Å²) in [5, 5.41) is 0. The number of carbonyl (C=O) groups is 1. The number of hydrogen-bond acceptors (Lipinski definition) is 4. The van der Waals surface area contributed by atoms with E-state index in [1.165, 1.54) is 11.1 Å². The highest BCUT2D eigenvalue weighted by molar-refractivity contribution is 5.94. The number of hydrogen-bond donors (Lipinski definition) is 0. The smallest absolute Gasteiger partial charge is 0.253 e. The van der Waals surface area contributed by atoms with Gasteiger partial charge in [0.2, 0.25) is 0 Å². The fourth-order valence-corrected chi connectivity index (χ4v) is 4.31. The molecule has 1 spiro atoms. The van der Waals surface area contributed by atoms with E-state index in [1.54, 1.807) is 7.11 Å².